The Morgan fingerprint density at radius 3 is 2.58 bits per heavy atom. The molecule has 0 amide bonds. The number of hydrogen-bond donors (Lipinski definition) is 0. The second kappa shape index (κ2) is 4.94. The third-order valence-corrected chi connectivity index (χ3v) is 3.04. The van der Waals surface area contributed by atoms with Crippen molar-refractivity contribution in [2.24, 2.45) is 7.05 Å². The van der Waals surface area contributed by atoms with Gasteiger partial charge in [0.25, 0.3) is 5.56 Å². The highest BCUT2D eigenvalue weighted by Crippen LogP contribution is 2.07. The summed E-state index contributed by atoms with van der Waals surface area (Å²) in [4.78, 5) is 24.0. The van der Waals surface area contributed by atoms with Crippen molar-refractivity contribution in [1.29, 1.82) is 5.26 Å². The Morgan fingerprint density at radius 2 is 1.95 bits per heavy atom. The Balaban J connectivity index is 2.62. The number of aromatic nitrogens is 2. The van der Waals surface area contributed by atoms with Crippen LogP contribution in [-0.4, -0.2) is 9.13 Å². The predicted molar refractivity (Wildman–Crippen MR) is 70.9 cm³/mol. The zero-order valence-corrected chi connectivity index (χ0v) is 10.8. The largest absolute Gasteiger partial charge is 0.331 e. The van der Waals surface area contributed by atoms with Crippen molar-refractivity contribution in [3.63, 3.8) is 0 Å². The Hall–Kier alpha value is -2.61. The molecule has 0 N–H and O–H groups in total. The van der Waals surface area contributed by atoms with Crippen LogP contribution in [0.3, 0.4) is 0 Å². The average Bonchev–Trinajstić information content (AvgIpc) is 2.41. The molecule has 5 heteroatoms. The Bertz CT molecular complexity index is 778. The molecular weight excluding hydrogens is 242 g/mol. The molecule has 0 bridgehead atoms. The zero-order valence-electron chi connectivity index (χ0n) is 10.8. The van der Waals surface area contributed by atoms with Crippen molar-refractivity contribution in [2.45, 2.75) is 13.5 Å². The fourth-order valence-electron chi connectivity index (χ4n) is 1.90. The topological polar surface area (TPSA) is 67.8 Å². The van der Waals surface area contributed by atoms with E-state index in [9.17, 15) is 9.59 Å². The SMILES string of the molecule is Cc1ccccc1Cn1c(=O)c(C#N)cn(C)c1=O. The molecule has 0 fully saturated rings. The Labute approximate surface area is 110 Å². The van der Waals surface area contributed by atoms with Crippen molar-refractivity contribution in [1.82, 2.24) is 9.13 Å². The average molecular weight is 255 g/mol. The van der Waals surface area contributed by atoms with Crippen molar-refractivity contribution in [3.05, 3.63) is 68.0 Å². The second-order valence-corrected chi connectivity index (χ2v) is 4.37. The summed E-state index contributed by atoms with van der Waals surface area (Å²) in [6.07, 6.45) is 1.26. The van der Waals surface area contributed by atoms with Crippen LogP contribution < -0.4 is 11.2 Å². The molecule has 19 heavy (non-hydrogen) atoms. The first-order valence-corrected chi connectivity index (χ1v) is 5.79. The van der Waals surface area contributed by atoms with Crippen molar-refractivity contribution < 1.29 is 0 Å². The maximum absolute atomic E-state index is 12.0. The molecule has 0 aliphatic carbocycles. The van der Waals surface area contributed by atoms with E-state index in [4.69, 9.17) is 5.26 Å². The van der Waals surface area contributed by atoms with E-state index in [0.29, 0.717) is 0 Å². The minimum Gasteiger partial charge on any atom is -0.302 e. The number of rotatable bonds is 2. The molecule has 0 saturated heterocycles. The van der Waals surface area contributed by atoms with Crippen LogP contribution in [0.15, 0.2) is 40.1 Å². The molecule has 0 saturated carbocycles. The normalized spacial score (nSPS) is 10.2. The third kappa shape index (κ3) is 2.33. The molecule has 0 unspecified atom stereocenters. The monoisotopic (exact) mass is 255 g/mol. The summed E-state index contributed by atoms with van der Waals surface area (Å²) >= 11 is 0. The smallest absolute Gasteiger partial charge is 0.302 e. The molecule has 2 aromatic rings. The molecular formula is C14H13N3O2. The molecule has 0 spiro atoms. The van der Waals surface area contributed by atoms with Gasteiger partial charge in [0.05, 0.1) is 6.54 Å². The van der Waals surface area contributed by atoms with Gasteiger partial charge in [-0.25, -0.2) is 4.79 Å². The molecule has 0 atom stereocenters. The van der Waals surface area contributed by atoms with Crippen LogP contribution in [0, 0.1) is 18.3 Å². The standard InChI is InChI=1S/C14H13N3O2/c1-10-5-3-4-6-11(10)9-17-13(18)12(7-15)8-16(2)14(17)19/h3-6,8H,9H2,1-2H3. The van der Waals surface area contributed by atoms with Crippen LogP contribution in [0.2, 0.25) is 0 Å². The highest BCUT2D eigenvalue weighted by atomic mass is 16.2. The molecule has 0 radical (unpaired) electrons. The Morgan fingerprint density at radius 1 is 1.26 bits per heavy atom. The predicted octanol–water partition coefficient (Wildman–Crippen LogP) is 0.775. The van der Waals surface area contributed by atoms with Gasteiger partial charge in [0, 0.05) is 13.2 Å². The van der Waals surface area contributed by atoms with E-state index in [2.05, 4.69) is 0 Å². The molecule has 96 valence electrons. The van der Waals surface area contributed by atoms with E-state index in [0.717, 1.165) is 15.7 Å². The summed E-state index contributed by atoms with van der Waals surface area (Å²) < 4.78 is 2.33. The van der Waals surface area contributed by atoms with Gasteiger partial charge in [-0.1, -0.05) is 24.3 Å². The second-order valence-electron chi connectivity index (χ2n) is 4.37. The molecule has 2 rings (SSSR count). The van der Waals surface area contributed by atoms with Crippen LogP contribution in [0.25, 0.3) is 0 Å². The third-order valence-electron chi connectivity index (χ3n) is 3.04. The number of nitriles is 1. The van der Waals surface area contributed by atoms with Gasteiger partial charge in [-0.05, 0) is 18.1 Å². The summed E-state index contributed by atoms with van der Waals surface area (Å²) in [7, 11) is 1.52. The lowest BCUT2D eigenvalue weighted by molar-refractivity contribution is 0.635. The van der Waals surface area contributed by atoms with Crippen LogP contribution in [-0.2, 0) is 13.6 Å². The Kier molecular flexibility index (Phi) is 3.34. The fourth-order valence-corrected chi connectivity index (χ4v) is 1.90. The lowest BCUT2D eigenvalue weighted by atomic mass is 10.1. The molecule has 1 aromatic heterocycles. The van der Waals surface area contributed by atoms with Gasteiger partial charge < -0.3 is 4.57 Å². The number of nitrogens with zero attached hydrogens (tertiary/aromatic N) is 3. The van der Waals surface area contributed by atoms with Gasteiger partial charge in [-0.15, -0.1) is 0 Å². The van der Waals surface area contributed by atoms with Crippen LogP contribution in [0.4, 0.5) is 0 Å². The maximum atomic E-state index is 12.0. The van der Waals surface area contributed by atoms with E-state index in [1.54, 1.807) is 0 Å². The molecule has 5 nitrogen and oxygen atoms in total. The lowest BCUT2D eigenvalue weighted by Crippen LogP contribution is -2.40. The summed E-state index contributed by atoms with van der Waals surface area (Å²) in [5, 5.41) is 8.90. The first-order valence-electron chi connectivity index (χ1n) is 5.79. The summed E-state index contributed by atoms with van der Waals surface area (Å²) in [6.45, 7) is 2.09. The molecule has 0 aliphatic heterocycles. The van der Waals surface area contributed by atoms with Gasteiger partial charge in [0.15, 0.2) is 0 Å². The maximum Gasteiger partial charge on any atom is 0.331 e. The summed E-state index contributed by atoms with van der Waals surface area (Å²) in [5.74, 6) is 0. The first-order chi connectivity index (χ1) is 9.04. The summed E-state index contributed by atoms with van der Waals surface area (Å²) in [5.41, 5.74) is 0.882. The number of hydrogen-bond acceptors (Lipinski definition) is 3. The first kappa shape index (κ1) is 12.8. The number of benzene rings is 1. The van der Waals surface area contributed by atoms with Gasteiger partial charge >= 0.3 is 5.69 Å². The van der Waals surface area contributed by atoms with Crippen molar-refractivity contribution >= 4 is 0 Å². The van der Waals surface area contributed by atoms with E-state index in [-0.39, 0.29) is 12.1 Å². The molecule has 1 aromatic carbocycles. The highest BCUT2D eigenvalue weighted by Gasteiger charge is 2.10. The fraction of sp³-hybridized carbons (Fsp3) is 0.214. The number of aryl methyl sites for hydroxylation is 2. The van der Waals surface area contributed by atoms with E-state index in [1.165, 1.54) is 17.8 Å². The van der Waals surface area contributed by atoms with E-state index >= 15 is 0 Å². The van der Waals surface area contributed by atoms with Crippen LogP contribution in [0.1, 0.15) is 16.7 Å². The van der Waals surface area contributed by atoms with Crippen LogP contribution >= 0.6 is 0 Å². The van der Waals surface area contributed by atoms with Gasteiger partial charge in [-0.3, -0.25) is 9.36 Å². The van der Waals surface area contributed by atoms with Gasteiger partial charge in [0.1, 0.15) is 11.6 Å². The van der Waals surface area contributed by atoms with Gasteiger partial charge in [0.2, 0.25) is 0 Å². The van der Waals surface area contributed by atoms with Crippen LogP contribution in [0.5, 0.6) is 0 Å². The minimum atomic E-state index is -0.547. The van der Waals surface area contributed by atoms with E-state index in [1.807, 2.05) is 37.3 Å². The van der Waals surface area contributed by atoms with Gasteiger partial charge in [-0.2, -0.15) is 5.26 Å². The summed E-state index contributed by atoms with van der Waals surface area (Å²) in [6, 6.07) is 9.34. The minimum absolute atomic E-state index is 0.0318. The molecule has 1 heterocycles. The highest BCUT2D eigenvalue weighted by molar-refractivity contribution is 5.27. The zero-order chi connectivity index (χ0) is 14.0. The van der Waals surface area contributed by atoms with E-state index < -0.39 is 11.2 Å². The lowest BCUT2D eigenvalue weighted by Gasteiger charge is -2.09. The molecule has 0 aliphatic rings. The quantitative estimate of drug-likeness (QED) is 0.796. The van der Waals surface area contributed by atoms with Crippen molar-refractivity contribution in [2.75, 3.05) is 0 Å². The van der Waals surface area contributed by atoms with Crippen molar-refractivity contribution in [3.8, 4) is 6.07 Å².